The molecule has 0 unspecified atom stereocenters. The summed E-state index contributed by atoms with van der Waals surface area (Å²) in [5, 5.41) is 31.2. The predicted molar refractivity (Wildman–Crippen MR) is 199 cm³/mol. The number of carbonyl (C=O) groups excluding carboxylic acids is 5. The number of nitrogens with one attached hydrogen (secondary N) is 4. The zero-order valence-electron chi connectivity index (χ0n) is 30.6. The zero-order chi connectivity index (χ0) is 40.0. The van der Waals surface area contributed by atoms with Gasteiger partial charge >= 0.3 is 11.9 Å². The van der Waals surface area contributed by atoms with E-state index in [1.165, 1.54) is 25.1 Å². The number of benzene rings is 3. The number of carboxylic acid groups (broad SMARTS) is 2. The standard InChI is InChI=1S/C39H47N5O11/c1-24(45)42-29(19-25-14-15-31(54-22-34(47)48)32(20-25)55-23-35(49)50)37(52)44-39(16-5-2-6-17-39)38(53)43-30(21-33(40)46)36(51)41-18-8-12-27-11-7-10-26-9-3-4-13-28(26)27/h3-4,7,9-11,13-15,20,29-30H,2,5-6,8,12,16-19,21-23H2,1H3,(H2,40,46)(H,41,51)(H,42,45)(H,43,53)(H,44,52)(H,47,48)(H,49,50)/t29-,30-/m0/s1. The summed E-state index contributed by atoms with van der Waals surface area (Å²) in [6, 6.07) is 15.7. The van der Waals surface area contributed by atoms with Crippen LogP contribution in [0.25, 0.3) is 10.8 Å². The summed E-state index contributed by atoms with van der Waals surface area (Å²) >= 11 is 0. The lowest BCUT2D eigenvalue weighted by atomic mass is 9.80. The Morgan fingerprint density at radius 3 is 2.15 bits per heavy atom. The molecule has 0 saturated heterocycles. The maximum atomic E-state index is 14.0. The molecule has 0 aliphatic heterocycles. The Balaban J connectivity index is 1.47. The van der Waals surface area contributed by atoms with E-state index in [9.17, 15) is 33.6 Å². The molecule has 3 aromatic carbocycles. The van der Waals surface area contributed by atoms with Gasteiger partial charge < -0.3 is 46.7 Å². The summed E-state index contributed by atoms with van der Waals surface area (Å²) in [4.78, 5) is 87.8. The van der Waals surface area contributed by atoms with Crippen LogP contribution in [0.4, 0.5) is 0 Å². The van der Waals surface area contributed by atoms with Crippen LogP contribution in [0.5, 0.6) is 11.5 Å². The first kappa shape index (κ1) is 41.6. The molecule has 0 bridgehead atoms. The summed E-state index contributed by atoms with van der Waals surface area (Å²) in [6.45, 7) is -0.0103. The van der Waals surface area contributed by atoms with E-state index in [2.05, 4.69) is 21.3 Å². The first-order chi connectivity index (χ1) is 26.3. The zero-order valence-corrected chi connectivity index (χ0v) is 30.6. The summed E-state index contributed by atoms with van der Waals surface area (Å²) in [5.41, 5.74) is 5.50. The summed E-state index contributed by atoms with van der Waals surface area (Å²) in [6.07, 6.45) is 3.02. The van der Waals surface area contributed by atoms with Crippen molar-refractivity contribution in [3.8, 4) is 11.5 Å². The number of carbonyl (C=O) groups is 7. The molecule has 2 atom stereocenters. The molecule has 16 nitrogen and oxygen atoms in total. The van der Waals surface area contributed by atoms with Gasteiger partial charge in [-0.05, 0) is 59.7 Å². The fraction of sp³-hybridized carbons (Fsp3) is 0.410. The third-order valence-electron chi connectivity index (χ3n) is 9.18. The molecule has 1 saturated carbocycles. The van der Waals surface area contributed by atoms with Crippen LogP contribution in [0, 0.1) is 0 Å². The molecule has 16 heteroatoms. The third-order valence-corrected chi connectivity index (χ3v) is 9.18. The average molecular weight is 762 g/mol. The Bertz CT molecular complexity index is 1890. The number of amides is 5. The molecule has 0 spiro atoms. The molecule has 0 aromatic heterocycles. The molecule has 0 heterocycles. The van der Waals surface area contributed by atoms with Crippen molar-refractivity contribution < 1.29 is 53.2 Å². The highest BCUT2D eigenvalue weighted by Gasteiger charge is 2.43. The second-order valence-corrected chi connectivity index (χ2v) is 13.5. The van der Waals surface area contributed by atoms with Crippen molar-refractivity contribution in [1.82, 2.24) is 21.3 Å². The Kier molecular flexibility index (Phi) is 14.9. The van der Waals surface area contributed by atoms with E-state index >= 15 is 0 Å². The van der Waals surface area contributed by atoms with Gasteiger partial charge in [0.05, 0.1) is 6.42 Å². The molecule has 4 rings (SSSR count). The summed E-state index contributed by atoms with van der Waals surface area (Å²) in [5.74, 6) is -6.07. The fourth-order valence-electron chi connectivity index (χ4n) is 6.60. The lowest BCUT2D eigenvalue weighted by molar-refractivity contribution is -0.140. The number of aryl methyl sites for hydroxylation is 1. The van der Waals surface area contributed by atoms with Crippen LogP contribution in [-0.4, -0.2) is 89.1 Å². The SMILES string of the molecule is CC(=O)N[C@@H](Cc1ccc(OCC(=O)O)c(OCC(=O)O)c1)C(=O)NC1(C(=O)N[C@@H](CC(N)=O)C(=O)NCCCc2cccc3ccccc23)CCCCC1. The van der Waals surface area contributed by atoms with E-state index < -0.39 is 78.7 Å². The predicted octanol–water partition coefficient (Wildman–Crippen LogP) is 1.74. The van der Waals surface area contributed by atoms with Gasteiger partial charge in [0, 0.05) is 19.9 Å². The fourth-order valence-corrected chi connectivity index (χ4v) is 6.60. The first-order valence-electron chi connectivity index (χ1n) is 18.0. The number of ether oxygens (including phenoxy) is 2. The molecule has 1 aliphatic rings. The quantitative estimate of drug-likeness (QED) is 0.0817. The van der Waals surface area contributed by atoms with Gasteiger partial charge in [0.2, 0.25) is 29.5 Å². The van der Waals surface area contributed by atoms with Gasteiger partial charge in [0.25, 0.3) is 0 Å². The van der Waals surface area contributed by atoms with Crippen molar-refractivity contribution in [2.24, 2.45) is 5.73 Å². The monoisotopic (exact) mass is 761 g/mol. The first-order valence-corrected chi connectivity index (χ1v) is 18.0. The number of fused-ring (bicyclic) bond motifs is 1. The van der Waals surface area contributed by atoms with Crippen molar-refractivity contribution in [3.05, 3.63) is 71.8 Å². The number of aliphatic carboxylic acids is 2. The summed E-state index contributed by atoms with van der Waals surface area (Å²) < 4.78 is 10.5. The van der Waals surface area contributed by atoms with Crippen LogP contribution >= 0.6 is 0 Å². The van der Waals surface area contributed by atoms with Gasteiger partial charge in [0.15, 0.2) is 24.7 Å². The molecule has 1 aliphatic carbocycles. The van der Waals surface area contributed by atoms with Gasteiger partial charge in [-0.3, -0.25) is 24.0 Å². The topological polar surface area (TPSA) is 253 Å². The molecule has 294 valence electrons. The molecule has 55 heavy (non-hydrogen) atoms. The van der Waals surface area contributed by atoms with Crippen molar-refractivity contribution in [2.75, 3.05) is 19.8 Å². The van der Waals surface area contributed by atoms with Gasteiger partial charge in [-0.15, -0.1) is 0 Å². The largest absolute Gasteiger partial charge is 0.479 e. The van der Waals surface area contributed by atoms with Crippen molar-refractivity contribution in [3.63, 3.8) is 0 Å². The number of primary amides is 1. The Morgan fingerprint density at radius 2 is 1.47 bits per heavy atom. The minimum Gasteiger partial charge on any atom is -0.479 e. The van der Waals surface area contributed by atoms with Crippen LogP contribution in [0.3, 0.4) is 0 Å². The molecule has 0 radical (unpaired) electrons. The number of hydrogen-bond donors (Lipinski definition) is 7. The van der Waals surface area contributed by atoms with Gasteiger partial charge in [-0.1, -0.05) is 67.8 Å². The van der Waals surface area contributed by atoms with E-state index in [-0.39, 0.29) is 37.3 Å². The molecule has 8 N–H and O–H groups in total. The number of nitrogens with two attached hydrogens (primary N) is 1. The highest BCUT2D eigenvalue weighted by molar-refractivity contribution is 5.98. The van der Waals surface area contributed by atoms with E-state index in [0.29, 0.717) is 31.2 Å². The maximum Gasteiger partial charge on any atom is 0.341 e. The lowest BCUT2D eigenvalue weighted by Crippen LogP contribution is -2.65. The second kappa shape index (κ2) is 19.8. The van der Waals surface area contributed by atoms with Crippen molar-refractivity contribution >= 4 is 52.2 Å². The van der Waals surface area contributed by atoms with Gasteiger partial charge in [-0.25, -0.2) is 9.59 Å². The Labute approximate surface area is 317 Å². The number of carboxylic acids is 2. The Morgan fingerprint density at radius 1 is 0.800 bits per heavy atom. The molecule has 3 aromatic rings. The van der Waals surface area contributed by atoms with E-state index in [4.69, 9.17) is 25.4 Å². The highest BCUT2D eigenvalue weighted by atomic mass is 16.5. The molecular weight excluding hydrogens is 714 g/mol. The highest BCUT2D eigenvalue weighted by Crippen LogP contribution is 2.31. The number of hydrogen-bond acceptors (Lipinski definition) is 9. The molecule has 1 fully saturated rings. The minimum absolute atomic E-state index is 0.0508. The van der Waals surface area contributed by atoms with Gasteiger partial charge in [0.1, 0.15) is 17.6 Å². The molecular formula is C39H47N5O11. The molecule has 5 amide bonds. The van der Waals surface area contributed by atoms with Crippen LogP contribution in [0.15, 0.2) is 60.7 Å². The van der Waals surface area contributed by atoms with E-state index in [1.54, 1.807) is 0 Å². The number of rotatable bonds is 20. The van der Waals surface area contributed by atoms with Crippen LogP contribution < -0.4 is 36.5 Å². The van der Waals surface area contributed by atoms with Crippen LogP contribution in [0.1, 0.15) is 63.0 Å². The third kappa shape index (κ3) is 12.4. The van der Waals surface area contributed by atoms with Crippen molar-refractivity contribution in [2.45, 2.75) is 82.3 Å². The van der Waals surface area contributed by atoms with E-state index in [0.717, 1.165) is 22.8 Å². The average Bonchev–Trinajstić information content (AvgIpc) is 3.14. The van der Waals surface area contributed by atoms with Gasteiger partial charge in [-0.2, -0.15) is 0 Å². The van der Waals surface area contributed by atoms with Crippen molar-refractivity contribution in [1.29, 1.82) is 0 Å². The second-order valence-electron chi connectivity index (χ2n) is 13.5. The minimum atomic E-state index is -1.49. The smallest absolute Gasteiger partial charge is 0.341 e. The lowest BCUT2D eigenvalue weighted by Gasteiger charge is -2.38. The maximum absolute atomic E-state index is 14.0. The van der Waals surface area contributed by atoms with Crippen LogP contribution in [0.2, 0.25) is 0 Å². The summed E-state index contributed by atoms with van der Waals surface area (Å²) in [7, 11) is 0. The van der Waals surface area contributed by atoms with E-state index in [1.807, 2.05) is 42.5 Å². The van der Waals surface area contributed by atoms with Crippen LogP contribution in [-0.2, 0) is 46.4 Å². The Hall–Kier alpha value is -6.19. The normalized spacial score (nSPS) is 14.4.